The zero-order valence-corrected chi connectivity index (χ0v) is 12.8. The van der Waals surface area contributed by atoms with Gasteiger partial charge in [0.2, 0.25) is 0 Å². The molecule has 0 aliphatic carbocycles. The summed E-state index contributed by atoms with van der Waals surface area (Å²) in [6, 6.07) is 0. The van der Waals surface area contributed by atoms with Crippen LogP contribution in [0.15, 0.2) is 60.8 Å². The van der Waals surface area contributed by atoms with Crippen LogP contribution < -0.4 is 0 Å². The van der Waals surface area contributed by atoms with Crippen LogP contribution in [0.3, 0.4) is 0 Å². The van der Waals surface area contributed by atoms with Crippen molar-refractivity contribution in [3.63, 3.8) is 0 Å². The quantitative estimate of drug-likeness (QED) is 0.606. The number of allylic oxidation sites excluding steroid dienone is 8. The third kappa shape index (κ3) is 16.8. The van der Waals surface area contributed by atoms with Gasteiger partial charge in [-0.1, -0.05) is 63.5 Å². The standard InChI is InChI=1S/C12H16.C3H6O.C2H6/c1-5-9-11(7-3)12(8-4)10-6-2;1-3(2)4;1-2/h5-10H,3-4H2,1-2H3;1-2H3;1-2H3/b9-5-,10-6-,12-11+;;. The number of hydrogen-bond acceptors (Lipinski definition) is 1. The Balaban J connectivity index is -0.000000317. The van der Waals surface area contributed by atoms with E-state index in [-0.39, 0.29) is 5.78 Å². The van der Waals surface area contributed by atoms with E-state index in [0.717, 1.165) is 11.1 Å². The summed E-state index contributed by atoms with van der Waals surface area (Å²) in [6.45, 7) is 18.5. The van der Waals surface area contributed by atoms with Crippen LogP contribution in [-0.4, -0.2) is 5.78 Å². The van der Waals surface area contributed by atoms with Crippen molar-refractivity contribution in [2.24, 2.45) is 0 Å². The second kappa shape index (κ2) is 17.8. The first-order chi connectivity index (χ1) is 8.53. The molecule has 0 aromatic heterocycles. The van der Waals surface area contributed by atoms with Gasteiger partial charge in [-0.05, 0) is 38.8 Å². The fourth-order valence-electron chi connectivity index (χ4n) is 0.923. The van der Waals surface area contributed by atoms with E-state index >= 15 is 0 Å². The summed E-state index contributed by atoms with van der Waals surface area (Å²) < 4.78 is 0. The average Bonchev–Trinajstić information content (AvgIpc) is 2.35. The molecule has 0 aliphatic rings. The number of hydrogen-bond donors (Lipinski definition) is 0. The lowest BCUT2D eigenvalue weighted by Crippen LogP contribution is -1.78. The van der Waals surface area contributed by atoms with Gasteiger partial charge < -0.3 is 4.79 Å². The predicted molar refractivity (Wildman–Crippen MR) is 84.8 cm³/mol. The molecule has 102 valence electrons. The maximum absolute atomic E-state index is 9.44. The van der Waals surface area contributed by atoms with E-state index in [1.54, 1.807) is 0 Å². The molecule has 0 unspecified atom stereocenters. The van der Waals surface area contributed by atoms with Crippen molar-refractivity contribution in [3.05, 3.63) is 60.8 Å². The molecular weight excluding hydrogens is 220 g/mol. The molecule has 0 N–H and O–H groups in total. The molecule has 0 aromatic rings. The number of rotatable bonds is 4. The maximum atomic E-state index is 9.44. The molecule has 0 saturated heterocycles. The molecular formula is C17H28O. The van der Waals surface area contributed by atoms with Crippen molar-refractivity contribution in [1.82, 2.24) is 0 Å². The van der Waals surface area contributed by atoms with Crippen LogP contribution in [-0.2, 0) is 4.79 Å². The van der Waals surface area contributed by atoms with Gasteiger partial charge in [0.25, 0.3) is 0 Å². The summed E-state index contributed by atoms with van der Waals surface area (Å²) in [5.41, 5.74) is 2.20. The van der Waals surface area contributed by atoms with Gasteiger partial charge in [-0.15, -0.1) is 0 Å². The summed E-state index contributed by atoms with van der Waals surface area (Å²) in [5, 5.41) is 0. The number of carbonyl (C=O) groups is 1. The highest BCUT2D eigenvalue weighted by Gasteiger charge is 1.90. The molecule has 0 heterocycles. The molecule has 0 radical (unpaired) electrons. The van der Waals surface area contributed by atoms with E-state index < -0.39 is 0 Å². The Morgan fingerprint density at radius 3 is 1.17 bits per heavy atom. The van der Waals surface area contributed by atoms with Gasteiger partial charge >= 0.3 is 0 Å². The highest BCUT2D eigenvalue weighted by Crippen LogP contribution is 2.10. The number of ketones is 1. The second-order valence-corrected chi connectivity index (χ2v) is 3.23. The van der Waals surface area contributed by atoms with Crippen molar-refractivity contribution in [2.75, 3.05) is 0 Å². The summed E-state index contributed by atoms with van der Waals surface area (Å²) in [6.07, 6.45) is 11.7. The van der Waals surface area contributed by atoms with Gasteiger partial charge in [0, 0.05) is 0 Å². The Morgan fingerprint density at radius 2 is 1.06 bits per heavy atom. The Kier molecular flexibility index (Phi) is 21.3. The molecule has 1 heteroatoms. The minimum atomic E-state index is 0.167. The summed E-state index contributed by atoms with van der Waals surface area (Å²) in [7, 11) is 0. The van der Waals surface area contributed by atoms with Gasteiger partial charge in [-0.3, -0.25) is 0 Å². The Labute approximate surface area is 113 Å². The molecule has 0 atom stereocenters. The van der Waals surface area contributed by atoms with Crippen molar-refractivity contribution < 1.29 is 4.79 Å². The maximum Gasteiger partial charge on any atom is 0.126 e. The van der Waals surface area contributed by atoms with Crippen LogP contribution in [0.1, 0.15) is 41.5 Å². The van der Waals surface area contributed by atoms with E-state index in [4.69, 9.17) is 0 Å². The van der Waals surface area contributed by atoms with Crippen LogP contribution in [0.4, 0.5) is 0 Å². The molecule has 0 aromatic carbocycles. The van der Waals surface area contributed by atoms with Gasteiger partial charge in [0.05, 0.1) is 0 Å². The molecule has 0 amide bonds. The first kappa shape index (κ1) is 21.6. The number of carbonyl (C=O) groups excluding carboxylic acids is 1. The smallest absolute Gasteiger partial charge is 0.126 e. The summed E-state index contributed by atoms with van der Waals surface area (Å²) in [5.74, 6) is 0.167. The lowest BCUT2D eigenvalue weighted by atomic mass is 10.1. The zero-order chi connectivity index (χ0) is 15.0. The van der Waals surface area contributed by atoms with Crippen LogP contribution in [0.2, 0.25) is 0 Å². The van der Waals surface area contributed by atoms with E-state index in [1.165, 1.54) is 13.8 Å². The summed E-state index contributed by atoms with van der Waals surface area (Å²) >= 11 is 0. The van der Waals surface area contributed by atoms with Crippen LogP contribution >= 0.6 is 0 Å². The SMILES string of the molecule is C=CC(/C=C\C)=C(C=C)\C=C/C.CC.CC(C)=O. The van der Waals surface area contributed by atoms with E-state index in [0.29, 0.717) is 0 Å². The molecule has 0 saturated carbocycles. The van der Waals surface area contributed by atoms with Gasteiger partial charge in [0.1, 0.15) is 5.78 Å². The zero-order valence-electron chi connectivity index (χ0n) is 12.8. The molecule has 0 rings (SSSR count). The monoisotopic (exact) mass is 248 g/mol. The van der Waals surface area contributed by atoms with Crippen LogP contribution in [0, 0.1) is 0 Å². The molecule has 0 bridgehead atoms. The minimum Gasteiger partial charge on any atom is -0.300 e. The van der Waals surface area contributed by atoms with Crippen LogP contribution in [0.5, 0.6) is 0 Å². The van der Waals surface area contributed by atoms with E-state index in [1.807, 2.05) is 64.2 Å². The molecule has 1 nitrogen and oxygen atoms in total. The van der Waals surface area contributed by atoms with E-state index in [9.17, 15) is 4.79 Å². The van der Waals surface area contributed by atoms with Gasteiger partial charge in [-0.2, -0.15) is 0 Å². The second-order valence-electron chi connectivity index (χ2n) is 3.23. The first-order valence-electron chi connectivity index (χ1n) is 6.25. The van der Waals surface area contributed by atoms with Crippen LogP contribution in [0.25, 0.3) is 0 Å². The largest absolute Gasteiger partial charge is 0.300 e. The third-order valence-corrected chi connectivity index (χ3v) is 1.47. The van der Waals surface area contributed by atoms with Crippen molar-refractivity contribution in [2.45, 2.75) is 41.5 Å². The van der Waals surface area contributed by atoms with Gasteiger partial charge in [0.15, 0.2) is 0 Å². The number of Topliss-reactive ketones (excluding diaryl/α,β-unsaturated/α-hetero) is 1. The third-order valence-electron chi connectivity index (χ3n) is 1.47. The topological polar surface area (TPSA) is 17.1 Å². The lowest BCUT2D eigenvalue weighted by molar-refractivity contribution is -0.114. The highest BCUT2D eigenvalue weighted by molar-refractivity contribution is 5.72. The predicted octanol–water partition coefficient (Wildman–Crippen LogP) is 5.43. The highest BCUT2D eigenvalue weighted by atomic mass is 16.1. The molecule has 0 aliphatic heterocycles. The fourth-order valence-corrected chi connectivity index (χ4v) is 0.923. The Morgan fingerprint density at radius 1 is 0.833 bits per heavy atom. The fraction of sp³-hybridized carbons (Fsp3) is 0.353. The molecule has 0 fully saturated rings. The van der Waals surface area contributed by atoms with Crippen molar-refractivity contribution in [3.8, 4) is 0 Å². The Hall–Kier alpha value is -1.63. The van der Waals surface area contributed by atoms with Crippen molar-refractivity contribution >= 4 is 5.78 Å². The average molecular weight is 248 g/mol. The normalized spacial score (nSPS) is 10.8. The molecule has 0 spiro atoms. The molecule has 18 heavy (non-hydrogen) atoms. The lowest BCUT2D eigenvalue weighted by Gasteiger charge is -1.98. The van der Waals surface area contributed by atoms with Crippen molar-refractivity contribution in [1.29, 1.82) is 0 Å². The minimum absolute atomic E-state index is 0.167. The van der Waals surface area contributed by atoms with E-state index in [2.05, 4.69) is 13.2 Å². The Bertz CT molecular complexity index is 285. The summed E-state index contributed by atoms with van der Waals surface area (Å²) in [4.78, 5) is 9.44. The van der Waals surface area contributed by atoms with Gasteiger partial charge in [-0.25, -0.2) is 0 Å². The first-order valence-corrected chi connectivity index (χ1v) is 6.25.